The fourth-order valence-corrected chi connectivity index (χ4v) is 1.72. The summed E-state index contributed by atoms with van der Waals surface area (Å²) < 4.78 is 25.0. The van der Waals surface area contributed by atoms with Crippen molar-refractivity contribution >= 4 is 16.0 Å². The summed E-state index contributed by atoms with van der Waals surface area (Å²) in [4.78, 5) is 10.2. The molecular formula is C9H19NO4S. The Kier molecular flexibility index (Phi) is 6.51. The van der Waals surface area contributed by atoms with E-state index in [1.807, 2.05) is 0 Å². The first-order valence-corrected chi connectivity index (χ1v) is 6.61. The highest BCUT2D eigenvalue weighted by molar-refractivity contribution is 7.90. The molecule has 0 heterocycles. The first kappa shape index (κ1) is 14.4. The quantitative estimate of drug-likeness (QED) is 0.616. The Labute approximate surface area is 90.9 Å². The molecule has 5 nitrogen and oxygen atoms in total. The van der Waals surface area contributed by atoms with E-state index in [0.717, 1.165) is 6.42 Å². The minimum Gasteiger partial charge on any atom is -0.481 e. The van der Waals surface area contributed by atoms with Crippen LogP contribution in [0.15, 0.2) is 0 Å². The van der Waals surface area contributed by atoms with E-state index in [1.54, 1.807) is 13.8 Å². The van der Waals surface area contributed by atoms with Crippen LogP contribution in [0.5, 0.6) is 0 Å². The van der Waals surface area contributed by atoms with Gasteiger partial charge in [0.15, 0.2) is 0 Å². The van der Waals surface area contributed by atoms with Gasteiger partial charge in [-0.1, -0.05) is 6.42 Å². The largest absolute Gasteiger partial charge is 0.481 e. The number of carbonyl (C=O) groups is 1. The van der Waals surface area contributed by atoms with Crippen molar-refractivity contribution in [3.63, 3.8) is 0 Å². The molecule has 0 aromatic rings. The van der Waals surface area contributed by atoms with Crippen molar-refractivity contribution in [2.24, 2.45) is 0 Å². The number of aliphatic carboxylic acids is 1. The van der Waals surface area contributed by atoms with Gasteiger partial charge in [0.2, 0.25) is 10.0 Å². The highest BCUT2D eigenvalue weighted by Gasteiger charge is 2.13. The van der Waals surface area contributed by atoms with Crippen LogP contribution in [0, 0.1) is 0 Å². The Morgan fingerprint density at radius 3 is 2.33 bits per heavy atom. The molecule has 2 N–H and O–H groups in total. The Balaban J connectivity index is 3.51. The van der Waals surface area contributed by atoms with Gasteiger partial charge in [-0.3, -0.25) is 4.79 Å². The van der Waals surface area contributed by atoms with Crippen molar-refractivity contribution in [2.75, 3.05) is 6.54 Å². The molecule has 0 atom stereocenters. The molecule has 0 spiro atoms. The normalized spacial score (nSPS) is 11.9. The average molecular weight is 237 g/mol. The Morgan fingerprint density at radius 1 is 1.27 bits per heavy atom. The summed E-state index contributed by atoms with van der Waals surface area (Å²) in [5, 5.41) is 7.94. The lowest BCUT2D eigenvalue weighted by atomic mass is 10.2. The highest BCUT2D eigenvalue weighted by Crippen LogP contribution is 2.00. The number of hydrogen-bond acceptors (Lipinski definition) is 3. The maximum Gasteiger partial charge on any atom is 0.303 e. The topological polar surface area (TPSA) is 83.5 Å². The van der Waals surface area contributed by atoms with Crippen LogP contribution in [0.4, 0.5) is 0 Å². The molecule has 0 saturated carbocycles. The zero-order chi connectivity index (χ0) is 11.9. The number of carboxylic acid groups (broad SMARTS) is 1. The van der Waals surface area contributed by atoms with Crippen LogP contribution in [0.2, 0.25) is 0 Å². The van der Waals surface area contributed by atoms with Gasteiger partial charge >= 0.3 is 5.97 Å². The molecule has 6 heteroatoms. The van der Waals surface area contributed by atoms with Crippen LogP contribution >= 0.6 is 0 Å². The maximum absolute atomic E-state index is 11.3. The van der Waals surface area contributed by atoms with E-state index in [4.69, 9.17) is 5.11 Å². The number of nitrogens with one attached hydrogen (secondary N) is 1. The van der Waals surface area contributed by atoms with Crippen molar-refractivity contribution in [3.05, 3.63) is 0 Å². The number of hydrogen-bond donors (Lipinski definition) is 2. The third kappa shape index (κ3) is 7.33. The summed E-state index contributed by atoms with van der Waals surface area (Å²) in [6.45, 7) is 3.62. The molecular weight excluding hydrogens is 218 g/mol. The first-order chi connectivity index (χ1) is 6.86. The lowest BCUT2D eigenvalue weighted by molar-refractivity contribution is -0.137. The predicted molar refractivity (Wildman–Crippen MR) is 58.2 cm³/mol. The van der Waals surface area contributed by atoms with E-state index < -0.39 is 21.2 Å². The van der Waals surface area contributed by atoms with E-state index in [2.05, 4.69) is 4.72 Å². The minimum absolute atomic E-state index is 0.150. The zero-order valence-corrected chi connectivity index (χ0v) is 10.0. The van der Waals surface area contributed by atoms with E-state index >= 15 is 0 Å². The average Bonchev–Trinajstić information content (AvgIpc) is 2.10. The second kappa shape index (κ2) is 6.79. The van der Waals surface area contributed by atoms with Gasteiger partial charge in [0.1, 0.15) is 0 Å². The van der Waals surface area contributed by atoms with Crippen LogP contribution in [-0.4, -0.2) is 31.3 Å². The van der Waals surface area contributed by atoms with Crippen LogP contribution in [0.3, 0.4) is 0 Å². The number of carboxylic acids is 1. The molecule has 0 aliphatic heterocycles. The molecule has 0 aromatic carbocycles. The molecule has 0 amide bonds. The fourth-order valence-electron chi connectivity index (χ4n) is 0.959. The molecule has 0 aliphatic carbocycles. The molecule has 15 heavy (non-hydrogen) atoms. The number of sulfonamides is 1. The van der Waals surface area contributed by atoms with E-state index in [-0.39, 0.29) is 6.42 Å². The molecule has 90 valence electrons. The maximum atomic E-state index is 11.3. The van der Waals surface area contributed by atoms with E-state index in [0.29, 0.717) is 19.4 Å². The monoisotopic (exact) mass is 237 g/mol. The summed E-state index contributed by atoms with van der Waals surface area (Å²) in [5.74, 6) is -0.808. The SMILES string of the molecule is CC(C)S(=O)(=O)NCCCCCC(=O)O. The second-order valence-electron chi connectivity index (χ2n) is 3.69. The van der Waals surface area contributed by atoms with Gasteiger partial charge in [-0.05, 0) is 26.7 Å². The van der Waals surface area contributed by atoms with Gasteiger partial charge in [0.25, 0.3) is 0 Å². The van der Waals surface area contributed by atoms with Gasteiger partial charge in [0.05, 0.1) is 5.25 Å². The fraction of sp³-hybridized carbons (Fsp3) is 0.889. The smallest absolute Gasteiger partial charge is 0.303 e. The van der Waals surface area contributed by atoms with Crippen LogP contribution < -0.4 is 4.72 Å². The summed E-state index contributed by atoms with van der Waals surface area (Å²) >= 11 is 0. The molecule has 0 aromatic heterocycles. The summed E-state index contributed by atoms with van der Waals surface area (Å²) in [7, 11) is -3.17. The summed E-state index contributed by atoms with van der Waals surface area (Å²) in [6, 6.07) is 0. The van der Waals surface area contributed by atoms with Crippen molar-refractivity contribution < 1.29 is 18.3 Å². The number of unbranched alkanes of at least 4 members (excludes halogenated alkanes) is 2. The molecule has 0 saturated heterocycles. The number of rotatable bonds is 8. The van der Waals surface area contributed by atoms with Crippen molar-refractivity contribution in [3.8, 4) is 0 Å². The van der Waals surface area contributed by atoms with Crippen LogP contribution in [-0.2, 0) is 14.8 Å². The minimum atomic E-state index is -3.17. The lowest BCUT2D eigenvalue weighted by Gasteiger charge is -2.08. The molecule has 0 aliphatic rings. The lowest BCUT2D eigenvalue weighted by Crippen LogP contribution is -2.31. The first-order valence-electron chi connectivity index (χ1n) is 5.06. The van der Waals surface area contributed by atoms with Gasteiger partial charge < -0.3 is 5.11 Å². The molecule has 0 rings (SSSR count). The molecule has 0 fully saturated rings. The molecule has 0 unspecified atom stereocenters. The van der Waals surface area contributed by atoms with E-state index in [9.17, 15) is 13.2 Å². The van der Waals surface area contributed by atoms with E-state index in [1.165, 1.54) is 0 Å². The standard InChI is InChI=1S/C9H19NO4S/c1-8(2)15(13,14)10-7-5-3-4-6-9(11)12/h8,10H,3-7H2,1-2H3,(H,11,12). The Bertz CT molecular complexity index is 284. The highest BCUT2D eigenvalue weighted by atomic mass is 32.2. The van der Waals surface area contributed by atoms with Gasteiger partial charge in [-0.15, -0.1) is 0 Å². The Hall–Kier alpha value is -0.620. The molecule has 0 bridgehead atoms. The second-order valence-corrected chi connectivity index (χ2v) is 6.01. The van der Waals surface area contributed by atoms with Crippen molar-refractivity contribution in [2.45, 2.75) is 44.8 Å². The third-order valence-electron chi connectivity index (χ3n) is 1.99. The third-order valence-corrected chi connectivity index (χ3v) is 3.84. The summed E-state index contributed by atoms with van der Waals surface area (Å²) in [5.41, 5.74) is 0. The van der Waals surface area contributed by atoms with Crippen molar-refractivity contribution in [1.82, 2.24) is 4.72 Å². The van der Waals surface area contributed by atoms with Gasteiger partial charge in [-0.25, -0.2) is 13.1 Å². The zero-order valence-electron chi connectivity index (χ0n) is 9.19. The molecule has 0 radical (unpaired) electrons. The summed E-state index contributed by atoms with van der Waals surface area (Å²) in [6.07, 6.45) is 2.15. The van der Waals surface area contributed by atoms with Gasteiger partial charge in [0, 0.05) is 13.0 Å². The van der Waals surface area contributed by atoms with Crippen LogP contribution in [0.1, 0.15) is 39.5 Å². The van der Waals surface area contributed by atoms with Gasteiger partial charge in [-0.2, -0.15) is 0 Å². The van der Waals surface area contributed by atoms with Crippen LogP contribution in [0.25, 0.3) is 0 Å². The Morgan fingerprint density at radius 2 is 1.87 bits per heavy atom. The van der Waals surface area contributed by atoms with Crippen molar-refractivity contribution in [1.29, 1.82) is 0 Å². The predicted octanol–water partition coefficient (Wildman–Crippen LogP) is 0.959.